The molecule has 1 aliphatic rings. The number of thiazole rings is 1. The van der Waals surface area contributed by atoms with E-state index >= 15 is 0 Å². The van der Waals surface area contributed by atoms with E-state index in [4.69, 9.17) is 5.73 Å². The second-order valence-corrected chi connectivity index (χ2v) is 8.60. The van der Waals surface area contributed by atoms with Crippen LogP contribution in [0.15, 0.2) is 53.3 Å². The van der Waals surface area contributed by atoms with E-state index < -0.39 is 23.6 Å². The Kier molecular flexibility index (Phi) is 7.05. The summed E-state index contributed by atoms with van der Waals surface area (Å²) in [6, 6.07) is 4.79. The zero-order chi connectivity index (χ0) is 25.0. The number of benzene rings is 1. The van der Waals surface area contributed by atoms with Gasteiger partial charge < -0.3 is 10.6 Å². The SMILES string of the molecule is NC(=NNC(=O)c1csc(C2CCN(C(=O)c3ccccc3C(F)(F)F)CC2)n1)c1cnccn1. The topological polar surface area (TPSA) is 126 Å². The van der Waals surface area contributed by atoms with Crippen LogP contribution < -0.4 is 11.2 Å². The van der Waals surface area contributed by atoms with E-state index in [0.29, 0.717) is 23.5 Å². The van der Waals surface area contributed by atoms with Gasteiger partial charge in [0.05, 0.1) is 22.3 Å². The second-order valence-electron chi connectivity index (χ2n) is 7.71. The number of likely N-dealkylation sites (tertiary alicyclic amines) is 1. The Balaban J connectivity index is 1.36. The minimum atomic E-state index is -4.61. The summed E-state index contributed by atoms with van der Waals surface area (Å²) < 4.78 is 39.8. The lowest BCUT2D eigenvalue weighted by Crippen LogP contribution is -2.38. The predicted molar refractivity (Wildman–Crippen MR) is 122 cm³/mol. The Labute approximate surface area is 201 Å². The molecule has 0 bridgehead atoms. The van der Waals surface area contributed by atoms with Gasteiger partial charge in [0.25, 0.3) is 11.8 Å². The number of amidine groups is 1. The largest absolute Gasteiger partial charge is 0.417 e. The van der Waals surface area contributed by atoms with Crippen LogP contribution in [0, 0.1) is 0 Å². The van der Waals surface area contributed by atoms with Gasteiger partial charge in [-0.1, -0.05) is 12.1 Å². The molecule has 13 heteroatoms. The van der Waals surface area contributed by atoms with Crippen molar-refractivity contribution in [3.05, 3.63) is 75.8 Å². The van der Waals surface area contributed by atoms with E-state index in [1.807, 2.05) is 0 Å². The van der Waals surface area contributed by atoms with Crippen LogP contribution in [-0.4, -0.2) is 50.6 Å². The van der Waals surface area contributed by atoms with Gasteiger partial charge in [-0.3, -0.25) is 14.6 Å². The standard InChI is InChI=1S/C22H20F3N7O2S/c23-22(24,25)15-4-2-1-3-14(15)21(34)32-9-5-13(6-10-32)20-29-17(12-35-20)19(33)31-30-18(26)16-11-27-7-8-28-16/h1-4,7-8,11-13H,5-6,9-10H2,(H2,26,30)(H,31,33). The van der Waals surface area contributed by atoms with Crippen molar-refractivity contribution in [2.45, 2.75) is 24.9 Å². The quantitative estimate of drug-likeness (QED) is 0.313. The summed E-state index contributed by atoms with van der Waals surface area (Å²) in [6.45, 7) is 0.575. The number of piperidine rings is 1. The van der Waals surface area contributed by atoms with Gasteiger partial charge >= 0.3 is 6.18 Å². The lowest BCUT2D eigenvalue weighted by atomic mass is 9.96. The maximum atomic E-state index is 13.3. The molecule has 1 fully saturated rings. The van der Waals surface area contributed by atoms with Gasteiger partial charge in [-0.15, -0.1) is 11.3 Å². The minimum absolute atomic E-state index is 0.00830. The Bertz CT molecular complexity index is 1240. The highest BCUT2D eigenvalue weighted by Crippen LogP contribution is 2.34. The number of halogens is 3. The molecule has 0 unspecified atom stereocenters. The average molecular weight is 504 g/mol. The van der Waals surface area contributed by atoms with Crippen LogP contribution in [0.1, 0.15) is 55.9 Å². The van der Waals surface area contributed by atoms with Crippen molar-refractivity contribution in [1.29, 1.82) is 0 Å². The van der Waals surface area contributed by atoms with Gasteiger partial charge in [0.2, 0.25) is 0 Å². The molecule has 2 amide bonds. The van der Waals surface area contributed by atoms with Gasteiger partial charge in [-0.05, 0) is 25.0 Å². The Morgan fingerprint density at radius 2 is 1.89 bits per heavy atom. The fourth-order valence-corrected chi connectivity index (χ4v) is 4.62. The number of nitrogens with zero attached hydrogens (tertiary/aromatic N) is 5. The Hall–Kier alpha value is -3.87. The summed E-state index contributed by atoms with van der Waals surface area (Å²) in [4.78, 5) is 38.8. The lowest BCUT2D eigenvalue weighted by molar-refractivity contribution is -0.138. The van der Waals surface area contributed by atoms with Crippen molar-refractivity contribution < 1.29 is 22.8 Å². The monoisotopic (exact) mass is 503 g/mol. The Morgan fingerprint density at radius 1 is 1.14 bits per heavy atom. The van der Waals surface area contributed by atoms with Crippen LogP contribution in [0.4, 0.5) is 13.2 Å². The molecule has 0 aliphatic carbocycles. The number of amides is 2. The van der Waals surface area contributed by atoms with E-state index in [1.165, 1.54) is 53.0 Å². The molecule has 182 valence electrons. The summed E-state index contributed by atoms with van der Waals surface area (Å²) in [5.74, 6) is -1.22. The molecular weight excluding hydrogens is 483 g/mol. The number of aromatic nitrogens is 3. The zero-order valence-electron chi connectivity index (χ0n) is 18.2. The Morgan fingerprint density at radius 3 is 2.57 bits per heavy atom. The van der Waals surface area contributed by atoms with Crippen LogP contribution >= 0.6 is 11.3 Å². The fraction of sp³-hybridized carbons (Fsp3) is 0.273. The maximum Gasteiger partial charge on any atom is 0.417 e. The highest BCUT2D eigenvalue weighted by atomic mass is 32.1. The van der Waals surface area contributed by atoms with Gasteiger partial charge in [0.1, 0.15) is 11.4 Å². The van der Waals surface area contributed by atoms with Crippen molar-refractivity contribution in [2.75, 3.05) is 13.1 Å². The molecule has 9 nitrogen and oxygen atoms in total. The number of hydrogen-bond acceptors (Lipinski definition) is 7. The number of carbonyl (C=O) groups is 2. The predicted octanol–water partition coefficient (Wildman–Crippen LogP) is 3.02. The summed E-state index contributed by atoms with van der Waals surface area (Å²) in [5.41, 5.74) is 7.29. The number of nitrogens with one attached hydrogen (secondary N) is 1. The van der Waals surface area contributed by atoms with Crippen molar-refractivity contribution in [3.63, 3.8) is 0 Å². The number of nitrogens with two attached hydrogens (primary N) is 1. The molecule has 3 aromatic rings. The first-order valence-electron chi connectivity index (χ1n) is 10.5. The molecule has 1 aromatic carbocycles. The summed E-state index contributed by atoms with van der Waals surface area (Å²) in [6.07, 6.45) is 0.767. The van der Waals surface area contributed by atoms with E-state index in [9.17, 15) is 22.8 Å². The smallest absolute Gasteiger partial charge is 0.380 e. The molecule has 0 spiro atoms. The van der Waals surface area contributed by atoms with Gasteiger partial charge in [0.15, 0.2) is 5.84 Å². The van der Waals surface area contributed by atoms with Crippen LogP contribution in [0.2, 0.25) is 0 Å². The molecule has 3 heterocycles. The van der Waals surface area contributed by atoms with E-state index in [1.54, 1.807) is 5.38 Å². The fourth-order valence-electron chi connectivity index (χ4n) is 3.65. The molecule has 0 radical (unpaired) electrons. The van der Waals surface area contributed by atoms with Crippen molar-refractivity contribution in [1.82, 2.24) is 25.3 Å². The van der Waals surface area contributed by atoms with E-state index in [0.717, 1.165) is 6.07 Å². The first-order chi connectivity index (χ1) is 16.7. The van der Waals surface area contributed by atoms with Crippen molar-refractivity contribution in [3.8, 4) is 0 Å². The molecule has 0 atom stereocenters. The first kappa shape index (κ1) is 24.3. The normalized spacial score (nSPS) is 15.2. The van der Waals surface area contributed by atoms with Crippen LogP contribution in [0.25, 0.3) is 0 Å². The third-order valence-corrected chi connectivity index (χ3v) is 6.46. The van der Waals surface area contributed by atoms with Crippen LogP contribution in [0.5, 0.6) is 0 Å². The maximum absolute atomic E-state index is 13.3. The van der Waals surface area contributed by atoms with Crippen LogP contribution in [0.3, 0.4) is 0 Å². The first-order valence-corrected chi connectivity index (χ1v) is 11.4. The third kappa shape index (κ3) is 5.62. The summed E-state index contributed by atoms with van der Waals surface area (Å²) in [7, 11) is 0. The molecule has 2 aromatic heterocycles. The van der Waals surface area contributed by atoms with Crippen molar-refractivity contribution in [2.24, 2.45) is 10.8 Å². The third-order valence-electron chi connectivity index (χ3n) is 5.45. The molecule has 0 saturated carbocycles. The zero-order valence-corrected chi connectivity index (χ0v) is 19.0. The number of alkyl halides is 3. The minimum Gasteiger partial charge on any atom is -0.380 e. The average Bonchev–Trinajstić information content (AvgIpc) is 3.37. The number of hydrogen-bond donors (Lipinski definition) is 2. The van der Waals surface area contributed by atoms with Gasteiger partial charge in [-0.2, -0.15) is 18.3 Å². The number of carbonyl (C=O) groups excluding carboxylic acids is 2. The molecule has 4 rings (SSSR count). The van der Waals surface area contributed by atoms with E-state index in [2.05, 4.69) is 25.5 Å². The molecule has 1 aliphatic heterocycles. The van der Waals surface area contributed by atoms with E-state index in [-0.39, 0.29) is 36.1 Å². The molecule has 3 N–H and O–H groups in total. The molecule has 1 saturated heterocycles. The summed E-state index contributed by atoms with van der Waals surface area (Å²) >= 11 is 1.30. The number of rotatable bonds is 5. The molecular formula is C22H20F3N7O2S. The summed E-state index contributed by atoms with van der Waals surface area (Å²) in [5, 5.41) is 6.11. The van der Waals surface area contributed by atoms with Gasteiger partial charge in [-0.25, -0.2) is 15.4 Å². The van der Waals surface area contributed by atoms with Gasteiger partial charge in [0, 0.05) is 36.8 Å². The number of hydrazone groups is 1. The highest BCUT2D eigenvalue weighted by Gasteiger charge is 2.36. The highest BCUT2D eigenvalue weighted by molar-refractivity contribution is 7.09. The second kappa shape index (κ2) is 10.2. The lowest BCUT2D eigenvalue weighted by Gasteiger charge is -2.31. The van der Waals surface area contributed by atoms with Crippen molar-refractivity contribution >= 4 is 29.0 Å². The van der Waals surface area contributed by atoms with Crippen LogP contribution in [-0.2, 0) is 6.18 Å². The molecule has 35 heavy (non-hydrogen) atoms.